The van der Waals surface area contributed by atoms with Crippen molar-refractivity contribution >= 4 is 28.3 Å². The summed E-state index contributed by atoms with van der Waals surface area (Å²) in [6.45, 7) is 1.98. The summed E-state index contributed by atoms with van der Waals surface area (Å²) in [6, 6.07) is 0.843. The molecule has 116 valence electrons. The van der Waals surface area contributed by atoms with Crippen LogP contribution in [0.2, 0.25) is 0 Å². The van der Waals surface area contributed by atoms with Gasteiger partial charge in [-0.2, -0.15) is 4.37 Å². The van der Waals surface area contributed by atoms with Crippen molar-refractivity contribution in [3.05, 3.63) is 5.56 Å². The number of piperidine rings is 1. The fourth-order valence-electron chi connectivity index (χ4n) is 2.74. The maximum atomic E-state index is 12.2. The van der Waals surface area contributed by atoms with E-state index in [0.717, 1.165) is 30.9 Å². The van der Waals surface area contributed by atoms with E-state index in [1.54, 1.807) is 0 Å². The van der Waals surface area contributed by atoms with Crippen LogP contribution in [0, 0.1) is 0 Å². The summed E-state index contributed by atoms with van der Waals surface area (Å²) in [5.41, 5.74) is 6.38. The van der Waals surface area contributed by atoms with E-state index in [-0.39, 0.29) is 5.91 Å². The summed E-state index contributed by atoms with van der Waals surface area (Å²) in [5.74, 6) is 0.237. The zero-order chi connectivity index (χ0) is 14.8. The molecule has 1 unspecified atom stereocenters. The summed E-state index contributed by atoms with van der Waals surface area (Å²) < 4.78 is 4.13. The van der Waals surface area contributed by atoms with Crippen LogP contribution in [0.25, 0.3) is 0 Å². The largest absolute Gasteiger partial charge is 0.382 e. The van der Waals surface area contributed by atoms with E-state index in [1.165, 1.54) is 30.8 Å². The summed E-state index contributed by atoms with van der Waals surface area (Å²) >= 11 is 1.28. The first-order valence-corrected chi connectivity index (χ1v) is 8.42. The first kappa shape index (κ1) is 14.6. The van der Waals surface area contributed by atoms with Crippen molar-refractivity contribution in [3.63, 3.8) is 0 Å². The number of hydrogen-bond acceptors (Lipinski definition) is 6. The van der Waals surface area contributed by atoms with Gasteiger partial charge in [0.15, 0.2) is 5.82 Å². The van der Waals surface area contributed by atoms with Gasteiger partial charge in [-0.25, -0.2) is 0 Å². The molecule has 1 aromatic rings. The predicted molar refractivity (Wildman–Crippen MR) is 85.8 cm³/mol. The molecule has 21 heavy (non-hydrogen) atoms. The van der Waals surface area contributed by atoms with Crippen LogP contribution in [-0.2, 0) is 0 Å². The van der Waals surface area contributed by atoms with Crippen LogP contribution in [0.15, 0.2) is 0 Å². The Hall–Kier alpha value is -1.34. The van der Waals surface area contributed by atoms with E-state index in [0.29, 0.717) is 23.5 Å². The molecular weight excluding hydrogens is 286 g/mol. The Morgan fingerprint density at radius 1 is 1.43 bits per heavy atom. The predicted octanol–water partition coefficient (Wildman–Crippen LogP) is 1.51. The zero-order valence-corrected chi connectivity index (χ0v) is 13.2. The van der Waals surface area contributed by atoms with Gasteiger partial charge in [-0.05, 0) is 50.8 Å². The minimum absolute atomic E-state index is 0.0942. The highest BCUT2D eigenvalue weighted by Crippen LogP contribution is 2.29. The molecule has 7 heteroatoms. The molecule has 1 aliphatic heterocycles. The molecule has 0 aromatic carbocycles. The van der Waals surface area contributed by atoms with Gasteiger partial charge in [0.25, 0.3) is 5.91 Å². The van der Waals surface area contributed by atoms with Crippen LogP contribution in [0.3, 0.4) is 0 Å². The lowest BCUT2D eigenvalue weighted by Crippen LogP contribution is -2.40. The summed E-state index contributed by atoms with van der Waals surface area (Å²) in [7, 11) is 2.16. The topological polar surface area (TPSA) is 83.3 Å². The molecule has 1 atom stereocenters. The van der Waals surface area contributed by atoms with Gasteiger partial charge >= 0.3 is 0 Å². The van der Waals surface area contributed by atoms with Crippen LogP contribution >= 0.6 is 11.5 Å². The highest BCUT2D eigenvalue weighted by atomic mass is 32.1. The van der Waals surface area contributed by atoms with Gasteiger partial charge in [0, 0.05) is 18.6 Å². The fraction of sp³-hybridized carbons (Fsp3) is 0.714. The van der Waals surface area contributed by atoms with Gasteiger partial charge in [0.2, 0.25) is 0 Å². The Morgan fingerprint density at radius 3 is 2.95 bits per heavy atom. The number of aromatic nitrogens is 1. The van der Waals surface area contributed by atoms with Gasteiger partial charge in [-0.3, -0.25) is 4.79 Å². The number of carbonyl (C=O) groups is 1. The summed E-state index contributed by atoms with van der Waals surface area (Å²) in [5, 5.41) is 7.16. The molecule has 3 rings (SSSR count). The van der Waals surface area contributed by atoms with Gasteiger partial charge in [-0.1, -0.05) is 6.42 Å². The second kappa shape index (κ2) is 6.19. The first-order valence-electron chi connectivity index (χ1n) is 7.65. The van der Waals surface area contributed by atoms with Crippen molar-refractivity contribution < 1.29 is 4.79 Å². The zero-order valence-electron chi connectivity index (χ0n) is 12.4. The van der Waals surface area contributed by atoms with Gasteiger partial charge in [0.05, 0.1) is 0 Å². The second-order valence-electron chi connectivity index (χ2n) is 6.03. The molecule has 0 spiro atoms. The third-order valence-electron chi connectivity index (χ3n) is 4.28. The Bertz CT molecular complexity index is 513. The van der Waals surface area contributed by atoms with Crippen LogP contribution < -0.4 is 16.4 Å². The molecular formula is C14H23N5OS. The Kier molecular flexibility index (Phi) is 4.30. The molecule has 2 heterocycles. The van der Waals surface area contributed by atoms with E-state index in [9.17, 15) is 4.79 Å². The molecule has 6 nitrogen and oxygen atoms in total. The first-order chi connectivity index (χ1) is 10.1. The van der Waals surface area contributed by atoms with Crippen LogP contribution in [0.4, 0.5) is 10.8 Å². The standard InChI is InChI=1S/C14H23N5OS/c1-19-7-3-2-4-10(19)8-16-14-11(12(15)18-21-14)13(20)17-9-5-6-9/h9-10,16H,2-8H2,1H3,(H2,15,18)(H,17,20). The second-order valence-corrected chi connectivity index (χ2v) is 6.80. The average molecular weight is 309 g/mol. The third-order valence-corrected chi connectivity index (χ3v) is 5.10. The fourth-order valence-corrected chi connectivity index (χ4v) is 3.46. The van der Waals surface area contributed by atoms with Crippen molar-refractivity contribution in [1.29, 1.82) is 0 Å². The molecule has 1 aromatic heterocycles. The highest BCUT2D eigenvalue weighted by Gasteiger charge is 2.28. The Labute approximate surface area is 129 Å². The van der Waals surface area contributed by atoms with Crippen LogP contribution in [0.1, 0.15) is 42.5 Å². The van der Waals surface area contributed by atoms with Gasteiger partial charge in [0.1, 0.15) is 10.6 Å². The quantitative estimate of drug-likeness (QED) is 0.768. The number of likely N-dealkylation sites (tertiary alicyclic amines) is 1. The number of hydrogen-bond donors (Lipinski definition) is 3. The minimum Gasteiger partial charge on any atom is -0.382 e. The number of carbonyl (C=O) groups excluding carboxylic acids is 1. The van der Waals surface area contributed by atoms with Crippen molar-refractivity contribution in [2.45, 2.75) is 44.2 Å². The third kappa shape index (κ3) is 3.47. The van der Waals surface area contributed by atoms with Crippen LogP contribution in [0.5, 0.6) is 0 Å². The van der Waals surface area contributed by atoms with E-state index < -0.39 is 0 Å². The van der Waals surface area contributed by atoms with E-state index in [1.807, 2.05) is 0 Å². The van der Waals surface area contributed by atoms with Crippen LogP contribution in [-0.4, -0.2) is 47.4 Å². The maximum absolute atomic E-state index is 12.2. The number of likely N-dealkylation sites (N-methyl/N-ethyl adjacent to an activating group) is 1. The number of nitrogens with zero attached hydrogens (tertiary/aromatic N) is 2. The molecule has 0 radical (unpaired) electrons. The monoisotopic (exact) mass is 309 g/mol. The molecule has 1 saturated heterocycles. The molecule has 2 aliphatic rings. The molecule has 1 aliphatic carbocycles. The normalized spacial score (nSPS) is 23.0. The summed E-state index contributed by atoms with van der Waals surface area (Å²) in [4.78, 5) is 14.6. The lowest BCUT2D eigenvalue weighted by molar-refractivity contribution is 0.0953. The van der Waals surface area contributed by atoms with Crippen molar-refractivity contribution in [2.24, 2.45) is 0 Å². The molecule has 1 amide bonds. The van der Waals surface area contributed by atoms with Crippen molar-refractivity contribution in [2.75, 3.05) is 31.2 Å². The number of amides is 1. The number of nitrogen functional groups attached to an aromatic ring is 1. The lowest BCUT2D eigenvalue weighted by Gasteiger charge is -2.32. The molecule has 0 bridgehead atoms. The van der Waals surface area contributed by atoms with Crippen molar-refractivity contribution in [3.8, 4) is 0 Å². The van der Waals surface area contributed by atoms with Gasteiger partial charge < -0.3 is 21.3 Å². The Balaban J connectivity index is 1.63. The number of anilines is 2. The maximum Gasteiger partial charge on any atom is 0.258 e. The SMILES string of the molecule is CN1CCCCC1CNc1snc(N)c1C(=O)NC1CC1. The molecule has 1 saturated carbocycles. The van der Waals surface area contributed by atoms with Crippen molar-refractivity contribution in [1.82, 2.24) is 14.6 Å². The van der Waals surface area contributed by atoms with E-state index in [2.05, 4.69) is 27.0 Å². The number of nitrogens with two attached hydrogens (primary N) is 1. The lowest BCUT2D eigenvalue weighted by atomic mass is 10.0. The highest BCUT2D eigenvalue weighted by molar-refractivity contribution is 7.11. The average Bonchev–Trinajstić information content (AvgIpc) is 3.19. The van der Waals surface area contributed by atoms with E-state index >= 15 is 0 Å². The number of nitrogens with one attached hydrogen (secondary N) is 2. The smallest absolute Gasteiger partial charge is 0.258 e. The molecule has 4 N–H and O–H groups in total. The van der Waals surface area contributed by atoms with E-state index in [4.69, 9.17) is 5.73 Å². The number of rotatable bonds is 5. The Morgan fingerprint density at radius 2 is 2.24 bits per heavy atom. The summed E-state index contributed by atoms with van der Waals surface area (Å²) in [6.07, 6.45) is 5.88. The van der Waals surface area contributed by atoms with Gasteiger partial charge in [-0.15, -0.1) is 0 Å². The minimum atomic E-state index is -0.0942. The molecule has 2 fully saturated rings.